The van der Waals surface area contributed by atoms with Gasteiger partial charge in [0, 0.05) is 12.0 Å². The number of aromatic amines is 1. The van der Waals surface area contributed by atoms with E-state index in [1.165, 1.54) is 31.2 Å². The van der Waals surface area contributed by atoms with Gasteiger partial charge < -0.3 is 14.5 Å². The summed E-state index contributed by atoms with van der Waals surface area (Å²) in [6, 6.07) is 11.9. The summed E-state index contributed by atoms with van der Waals surface area (Å²) in [6.45, 7) is -1.54. The molecule has 1 heterocycles. The molecule has 1 aromatic heterocycles. The number of hydrogen-bond donors (Lipinski definition) is 1. The van der Waals surface area contributed by atoms with Crippen LogP contribution in [0.25, 0.3) is 10.9 Å². The number of alkyl halides is 2. The van der Waals surface area contributed by atoms with Crippen molar-refractivity contribution in [3.63, 3.8) is 0 Å². The Bertz CT molecular complexity index is 1110. The van der Waals surface area contributed by atoms with Crippen LogP contribution in [0.3, 0.4) is 0 Å². The largest absolute Gasteiger partial charge is 0.454 e. The number of ketones is 1. The third kappa shape index (κ3) is 5.25. The second kappa shape index (κ2) is 9.25. The summed E-state index contributed by atoms with van der Waals surface area (Å²) >= 11 is 0. The van der Waals surface area contributed by atoms with Crippen LogP contribution in [0.15, 0.2) is 53.3 Å². The van der Waals surface area contributed by atoms with E-state index >= 15 is 0 Å². The van der Waals surface area contributed by atoms with Crippen LogP contribution in [0.2, 0.25) is 0 Å². The number of halogens is 2. The molecule has 1 atom stereocenters. The molecule has 1 N–H and O–H groups in total. The van der Waals surface area contributed by atoms with Crippen LogP contribution in [-0.2, 0) is 16.0 Å². The van der Waals surface area contributed by atoms with Gasteiger partial charge in [0.25, 0.3) is 5.56 Å². The summed E-state index contributed by atoms with van der Waals surface area (Å²) < 4.78 is 33.7. The molecule has 0 aliphatic rings. The smallest absolute Gasteiger partial charge is 0.387 e. The lowest BCUT2D eigenvalue weighted by Crippen LogP contribution is -2.25. The summed E-state index contributed by atoms with van der Waals surface area (Å²) in [5, 5.41) is 0.452. The van der Waals surface area contributed by atoms with Crippen LogP contribution in [0.1, 0.15) is 29.5 Å². The number of esters is 1. The monoisotopic (exact) mass is 416 g/mol. The third-order valence-corrected chi connectivity index (χ3v) is 4.27. The highest BCUT2D eigenvalue weighted by Gasteiger charge is 2.20. The van der Waals surface area contributed by atoms with E-state index in [9.17, 15) is 23.2 Å². The van der Waals surface area contributed by atoms with E-state index in [0.29, 0.717) is 16.7 Å². The number of aryl methyl sites for hydroxylation is 1. The first kappa shape index (κ1) is 21.1. The number of rotatable bonds is 8. The zero-order chi connectivity index (χ0) is 21.7. The van der Waals surface area contributed by atoms with Gasteiger partial charge in [0.2, 0.25) is 5.78 Å². The minimum absolute atomic E-state index is 0.0805. The Hall–Kier alpha value is -3.62. The number of H-pyrrole nitrogens is 1. The number of aromatic nitrogens is 2. The van der Waals surface area contributed by atoms with Gasteiger partial charge in [0.1, 0.15) is 11.6 Å². The van der Waals surface area contributed by atoms with E-state index in [4.69, 9.17) is 4.74 Å². The fourth-order valence-electron chi connectivity index (χ4n) is 2.82. The predicted molar refractivity (Wildman–Crippen MR) is 104 cm³/mol. The number of hydrogen-bond acceptors (Lipinski definition) is 6. The second-order valence-corrected chi connectivity index (χ2v) is 6.43. The third-order valence-electron chi connectivity index (χ3n) is 4.27. The summed E-state index contributed by atoms with van der Waals surface area (Å²) in [5.41, 5.74) is 0.414. The number of carbonyl (C=O) groups is 2. The highest BCUT2D eigenvalue weighted by molar-refractivity contribution is 6.00. The van der Waals surface area contributed by atoms with Gasteiger partial charge in [-0.3, -0.25) is 14.4 Å². The van der Waals surface area contributed by atoms with E-state index in [-0.39, 0.29) is 29.7 Å². The zero-order valence-electron chi connectivity index (χ0n) is 15.9. The molecule has 2 aromatic carbocycles. The fraction of sp³-hybridized carbons (Fsp3) is 0.238. The molecule has 0 bridgehead atoms. The topological polar surface area (TPSA) is 98.4 Å². The average molecular weight is 416 g/mol. The molecule has 0 fully saturated rings. The minimum atomic E-state index is -2.96. The first-order valence-electron chi connectivity index (χ1n) is 9.10. The molecule has 156 valence electrons. The van der Waals surface area contributed by atoms with Gasteiger partial charge in [-0.1, -0.05) is 12.1 Å². The SMILES string of the molecule is C[C@@H](OC(=O)CCc1nc2ccccc2c(=O)[nH]1)C(=O)c1ccc(OC(F)F)cc1. The lowest BCUT2D eigenvalue weighted by molar-refractivity contribution is -0.146. The van der Waals surface area contributed by atoms with Crippen LogP contribution in [0.4, 0.5) is 8.78 Å². The van der Waals surface area contributed by atoms with Crippen molar-refractivity contribution in [3.8, 4) is 5.75 Å². The molecular formula is C21H18F2N2O5. The number of benzene rings is 2. The Labute approximate surface area is 169 Å². The molecule has 0 saturated carbocycles. The molecule has 30 heavy (non-hydrogen) atoms. The molecule has 0 amide bonds. The van der Waals surface area contributed by atoms with Crippen molar-refractivity contribution in [1.29, 1.82) is 0 Å². The standard InChI is InChI=1S/C21H18F2N2O5/c1-12(19(27)13-6-8-14(9-7-13)30-21(22)23)29-18(26)11-10-17-24-16-5-3-2-4-15(16)20(28)25-17/h2-9,12,21H,10-11H2,1H3,(H,24,25,28)/t12-/m1/s1. The molecule has 0 saturated heterocycles. The Morgan fingerprint density at radius 2 is 1.80 bits per heavy atom. The van der Waals surface area contributed by atoms with E-state index < -0.39 is 24.5 Å². The quantitative estimate of drug-likeness (QED) is 0.447. The van der Waals surface area contributed by atoms with Crippen molar-refractivity contribution in [1.82, 2.24) is 9.97 Å². The Balaban J connectivity index is 1.56. The van der Waals surface area contributed by atoms with Crippen molar-refractivity contribution < 1.29 is 27.8 Å². The first-order valence-corrected chi connectivity index (χ1v) is 9.10. The lowest BCUT2D eigenvalue weighted by atomic mass is 10.1. The fourth-order valence-corrected chi connectivity index (χ4v) is 2.82. The first-order chi connectivity index (χ1) is 14.3. The maximum absolute atomic E-state index is 12.4. The summed E-state index contributed by atoms with van der Waals surface area (Å²) in [6.07, 6.45) is -1.01. The van der Waals surface area contributed by atoms with E-state index in [1.807, 2.05) is 0 Å². The molecule has 0 radical (unpaired) electrons. The average Bonchev–Trinajstić information content (AvgIpc) is 2.72. The molecule has 7 nitrogen and oxygen atoms in total. The number of para-hydroxylation sites is 1. The molecule has 9 heteroatoms. The van der Waals surface area contributed by atoms with Crippen molar-refractivity contribution in [2.45, 2.75) is 32.5 Å². The van der Waals surface area contributed by atoms with Crippen molar-refractivity contribution >= 4 is 22.7 Å². The van der Waals surface area contributed by atoms with Crippen LogP contribution in [-0.4, -0.2) is 34.4 Å². The predicted octanol–water partition coefficient (Wildman–Crippen LogP) is 3.27. The number of fused-ring (bicyclic) bond motifs is 1. The summed E-state index contributed by atoms with van der Waals surface area (Å²) in [5.74, 6) is -0.860. The second-order valence-electron chi connectivity index (χ2n) is 6.43. The van der Waals surface area contributed by atoms with Gasteiger partial charge in [0.05, 0.1) is 17.3 Å². The highest BCUT2D eigenvalue weighted by Crippen LogP contribution is 2.17. The van der Waals surface area contributed by atoms with Gasteiger partial charge in [-0.05, 0) is 43.3 Å². The Kier molecular flexibility index (Phi) is 6.51. The number of Topliss-reactive ketones (excluding diaryl/α,β-unsaturated/α-hetero) is 1. The molecule has 3 aromatic rings. The van der Waals surface area contributed by atoms with Crippen LogP contribution >= 0.6 is 0 Å². The summed E-state index contributed by atoms with van der Waals surface area (Å²) in [4.78, 5) is 43.4. The molecule has 0 aliphatic carbocycles. The maximum atomic E-state index is 12.4. The highest BCUT2D eigenvalue weighted by atomic mass is 19.3. The number of carbonyl (C=O) groups excluding carboxylic acids is 2. The molecular weight excluding hydrogens is 398 g/mol. The van der Waals surface area contributed by atoms with Crippen molar-refractivity contribution in [2.24, 2.45) is 0 Å². The molecule has 0 aliphatic heterocycles. The number of nitrogens with zero attached hydrogens (tertiary/aromatic N) is 1. The van der Waals surface area contributed by atoms with Crippen LogP contribution < -0.4 is 10.3 Å². The van der Waals surface area contributed by atoms with Gasteiger partial charge in [-0.15, -0.1) is 0 Å². The van der Waals surface area contributed by atoms with E-state index in [0.717, 1.165) is 0 Å². The maximum Gasteiger partial charge on any atom is 0.387 e. The number of nitrogens with one attached hydrogen (secondary N) is 1. The molecule has 0 spiro atoms. The normalized spacial score (nSPS) is 12.0. The van der Waals surface area contributed by atoms with Gasteiger partial charge >= 0.3 is 12.6 Å². The minimum Gasteiger partial charge on any atom is -0.454 e. The lowest BCUT2D eigenvalue weighted by Gasteiger charge is -2.13. The van der Waals surface area contributed by atoms with Crippen molar-refractivity contribution in [3.05, 3.63) is 70.3 Å². The van der Waals surface area contributed by atoms with Crippen LogP contribution in [0, 0.1) is 0 Å². The Morgan fingerprint density at radius 3 is 2.50 bits per heavy atom. The van der Waals surface area contributed by atoms with Gasteiger partial charge in [0.15, 0.2) is 6.10 Å². The van der Waals surface area contributed by atoms with E-state index in [2.05, 4.69) is 14.7 Å². The van der Waals surface area contributed by atoms with Gasteiger partial charge in [-0.25, -0.2) is 4.98 Å². The Morgan fingerprint density at radius 1 is 1.10 bits per heavy atom. The summed E-state index contributed by atoms with van der Waals surface area (Å²) in [7, 11) is 0. The zero-order valence-corrected chi connectivity index (χ0v) is 15.9. The molecule has 3 rings (SSSR count). The van der Waals surface area contributed by atoms with Gasteiger partial charge in [-0.2, -0.15) is 8.78 Å². The van der Waals surface area contributed by atoms with Crippen LogP contribution in [0.5, 0.6) is 5.75 Å². The van der Waals surface area contributed by atoms with E-state index in [1.54, 1.807) is 24.3 Å². The van der Waals surface area contributed by atoms with Crippen molar-refractivity contribution in [2.75, 3.05) is 0 Å². The number of ether oxygens (including phenoxy) is 2. The molecule has 0 unspecified atom stereocenters.